The van der Waals surface area contributed by atoms with Crippen LogP contribution in [0.2, 0.25) is 0 Å². The van der Waals surface area contributed by atoms with Gasteiger partial charge in [0, 0.05) is 0 Å². The van der Waals surface area contributed by atoms with Crippen LogP contribution in [0.15, 0.2) is 65.1 Å². The van der Waals surface area contributed by atoms with E-state index >= 15 is 0 Å². The van der Waals surface area contributed by atoms with Crippen LogP contribution >= 0.6 is 15.9 Å². The van der Waals surface area contributed by atoms with E-state index in [0.717, 1.165) is 26.9 Å². The van der Waals surface area contributed by atoms with Crippen molar-refractivity contribution in [1.82, 2.24) is 0 Å². The number of rotatable bonds is 2. The Morgan fingerprint density at radius 1 is 0.741 bits per heavy atom. The molecule has 0 saturated heterocycles. The Kier molecular flexibility index (Phi) is 4.08. The summed E-state index contributed by atoms with van der Waals surface area (Å²) >= 11 is 3.13. The minimum absolute atomic E-state index is 0.114. The number of benzene rings is 4. The number of hydrogen-bond donors (Lipinski definition) is 0. The monoisotopic (exact) mass is 454 g/mol. The maximum absolute atomic E-state index is 12.7. The van der Waals surface area contributed by atoms with Crippen molar-refractivity contribution in [2.45, 2.75) is 5.51 Å². The van der Waals surface area contributed by atoms with Gasteiger partial charge in [0.1, 0.15) is 0 Å². The third kappa shape index (κ3) is 2.93. The van der Waals surface area contributed by atoms with Gasteiger partial charge in [-0.2, -0.15) is 21.6 Å². The van der Waals surface area contributed by atoms with E-state index in [1.165, 1.54) is 6.07 Å². The van der Waals surface area contributed by atoms with Gasteiger partial charge in [-0.3, -0.25) is 0 Å². The molecule has 0 heterocycles. The van der Waals surface area contributed by atoms with Crippen LogP contribution in [-0.2, 0) is 10.1 Å². The van der Waals surface area contributed by atoms with Crippen LogP contribution in [0.4, 0.5) is 13.2 Å². The molecule has 0 aromatic heterocycles. The summed E-state index contributed by atoms with van der Waals surface area (Å²) in [6.07, 6.45) is 0. The van der Waals surface area contributed by atoms with Gasteiger partial charge in [-0.05, 0) is 60.4 Å². The van der Waals surface area contributed by atoms with Crippen LogP contribution in [0.1, 0.15) is 0 Å². The number of halogens is 4. The second kappa shape index (κ2) is 6.10. The summed E-state index contributed by atoms with van der Waals surface area (Å²) in [6, 6.07) is 17.9. The molecular formula is C19H10BrF3O3S. The lowest BCUT2D eigenvalue weighted by molar-refractivity contribution is -0.0500. The van der Waals surface area contributed by atoms with E-state index in [2.05, 4.69) is 20.1 Å². The Balaban J connectivity index is 2.08. The topological polar surface area (TPSA) is 43.4 Å². The van der Waals surface area contributed by atoms with Crippen molar-refractivity contribution >= 4 is 58.4 Å². The van der Waals surface area contributed by atoms with Gasteiger partial charge in [-0.25, -0.2) is 0 Å². The summed E-state index contributed by atoms with van der Waals surface area (Å²) in [4.78, 5) is 0. The normalized spacial score (nSPS) is 12.7. The van der Waals surface area contributed by atoms with Crippen LogP contribution in [0.3, 0.4) is 0 Å². The summed E-state index contributed by atoms with van der Waals surface area (Å²) in [5.74, 6) is -0.416. The molecule has 0 radical (unpaired) electrons. The molecule has 0 aliphatic rings. The molecule has 4 aromatic rings. The van der Waals surface area contributed by atoms with Crippen molar-refractivity contribution in [3.63, 3.8) is 0 Å². The second-order valence-corrected chi connectivity index (χ2v) is 8.29. The first-order valence-electron chi connectivity index (χ1n) is 7.72. The fourth-order valence-corrected chi connectivity index (χ4v) is 4.13. The van der Waals surface area contributed by atoms with Gasteiger partial charge in [0.25, 0.3) is 0 Å². The zero-order valence-corrected chi connectivity index (χ0v) is 15.8. The molecule has 3 nitrogen and oxygen atoms in total. The van der Waals surface area contributed by atoms with Gasteiger partial charge in [0.05, 0.1) is 4.47 Å². The number of alkyl halides is 3. The van der Waals surface area contributed by atoms with Crippen LogP contribution < -0.4 is 4.18 Å². The Hall–Kier alpha value is -2.32. The molecule has 0 N–H and O–H groups in total. The lowest BCUT2D eigenvalue weighted by Crippen LogP contribution is -2.28. The minimum Gasteiger partial charge on any atom is -0.375 e. The first-order valence-corrected chi connectivity index (χ1v) is 9.92. The number of hydrogen-bond acceptors (Lipinski definition) is 3. The first-order chi connectivity index (χ1) is 12.7. The van der Waals surface area contributed by atoms with Gasteiger partial charge in [0.15, 0.2) is 5.75 Å². The van der Waals surface area contributed by atoms with E-state index < -0.39 is 21.4 Å². The van der Waals surface area contributed by atoms with E-state index in [-0.39, 0.29) is 4.47 Å². The summed E-state index contributed by atoms with van der Waals surface area (Å²) in [6.45, 7) is 0. The molecule has 0 saturated carbocycles. The highest BCUT2D eigenvalue weighted by Crippen LogP contribution is 2.41. The highest BCUT2D eigenvalue weighted by atomic mass is 79.9. The van der Waals surface area contributed by atoms with Crippen molar-refractivity contribution in [2.24, 2.45) is 0 Å². The average Bonchev–Trinajstić information content (AvgIpc) is 2.62. The van der Waals surface area contributed by atoms with Crippen molar-refractivity contribution in [3.8, 4) is 5.75 Å². The predicted octanol–water partition coefficient (Wildman–Crippen LogP) is 6.14. The minimum atomic E-state index is -5.77. The second-order valence-electron chi connectivity index (χ2n) is 5.90. The molecule has 0 aliphatic carbocycles. The summed E-state index contributed by atoms with van der Waals surface area (Å²) in [7, 11) is -5.77. The van der Waals surface area contributed by atoms with E-state index in [9.17, 15) is 21.6 Å². The van der Waals surface area contributed by atoms with Gasteiger partial charge in [0.2, 0.25) is 0 Å². The molecular weight excluding hydrogens is 445 g/mol. The Bertz CT molecular complexity index is 1310. The molecule has 4 aromatic carbocycles. The van der Waals surface area contributed by atoms with Gasteiger partial charge in [-0.15, -0.1) is 0 Å². The lowest BCUT2D eigenvalue weighted by atomic mass is 9.94. The third-order valence-electron chi connectivity index (χ3n) is 4.28. The van der Waals surface area contributed by atoms with Crippen molar-refractivity contribution in [3.05, 3.63) is 65.1 Å². The van der Waals surface area contributed by atoms with E-state index in [1.807, 2.05) is 48.5 Å². The van der Waals surface area contributed by atoms with Crippen molar-refractivity contribution in [1.29, 1.82) is 0 Å². The Labute approximate surface area is 160 Å². The maximum atomic E-state index is 12.7. The molecule has 0 fully saturated rings. The molecule has 0 spiro atoms. The molecule has 0 atom stereocenters. The standard InChI is InChI=1S/C19H10BrF3O3S/c20-17-9-15-13-7-3-1-5-11(13)12-6-2-4-8-14(12)16(15)10-18(17)26-27(24,25)19(21,22)23/h1-10H. The zero-order chi connectivity index (χ0) is 19.4. The first kappa shape index (κ1) is 18.1. The zero-order valence-electron chi connectivity index (χ0n) is 13.4. The Morgan fingerprint density at radius 3 is 1.59 bits per heavy atom. The average molecular weight is 455 g/mol. The smallest absolute Gasteiger partial charge is 0.375 e. The van der Waals surface area contributed by atoms with Crippen LogP contribution in [0.5, 0.6) is 5.75 Å². The van der Waals surface area contributed by atoms with E-state index in [1.54, 1.807) is 6.07 Å². The van der Waals surface area contributed by atoms with Gasteiger partial charge >= 0.3 is 15.6 Å². The predicted molar refractivity (Wildman–Crippen MR) is 102 cm³/mol. The summed E-state index contributed by atoms with van der Waals surface area (Å²) < 4.78 is 65.4. The molecule has 8 heteroatoms. The molecule has 0 bridgehead atoms. The van der Waals surface area contributed by atoms with E-state index in [4.69, 9.17) is 0 Å². The SMILES string of the molecule is O=S(=O)(Oc1cc2c3ccccc3c3ccccc3c2cc1Br)C(F)(F)F. The Morgan fingerprint density at radius 2 is 1.15 bits per heavy atom. The van der Waals surface area contributed by atoms with Crippen molar-refractivity contribution < 1.29 is 25.8 Å². The van der Waals surface area contributed by atoms with Gasteiger partial charge < -0.3 is 4.18 Å². The summed E-state index contributed by atoms with van der Waals surface area (Å²) in [5, 5.41) is 4.95. The molecule has 138 valence electrons. The third-order valence-corrected chi connectivity index (χ3v) is 5.87. The van der Waals surface area contributed by atoms with Crippen LogP contribution in [-0.4, -0.2) is 13.9 Å². The molecule has 0 amide bonds. The van der Waals surface area contributed by atoms with Crippen molar-refractivity contribution in [2.75, 3.05) is 0 Å². The van der Waals surface area contributed by atoms with Crippen LogP contribution in [0, 0.1) is 0 Å². The van der Waals surface area contributed by atoms with Gasteiger partial charge in [-0.1, -0.05) is 48.5 Å². The summed E-state index contributed by atoms with van der Waals surface area (Å²) in [5.41, 5.74) is -5.51. The molecule has 0 aliphatic heterocycles. The fourth-order valence-electron chi connectivity index (χ4n) is 3.13. The fraction of sp³-hybridized carbons (Fsp3) is 0.0526. The lowest BCUT2D eigenvalue weighted by Gasteiger charge is -2.14. The highest BCUT2D eigenvalue weighted by molar-refractivity contribution is 9.10. The van der Waals surface area contributed by atoms with Crippen LogP contribution in [0.25, 0.3) is 32.3 Å². The maximum Gasteiger partial charge on any atom is 0.534 e. The molecule has 27 heavy (non-hydrogen) atoms. The largest absolute Gasteiger partial charge is 0.534 e. The van der Waals surface area contributed by atoms with E-state index in [0.29, 0.717) is 5.39 Å². The molecule has 4 rings (SSSR count). The number of fused-ring (bicyclic) bond motifs is 6. The molecule has 0 unspecified atom stereocenters. The quantitative estimate of drug-likeness (QED) is 0.207. The highest BCUT2D eigenvalue weighted by Gasteiger charge is 2.48.